The largest absolute Gasteiger partial charge is 0.481 e. The summed E-state index contributed by atoms with van der Waals surface area (Å²) in [6.07, 6.45) is 2.46. The van der Waals surface area contributed by atoms with Crippen LogP contribution in [0.25, 0.3) is 0 Å². The molecule has 1 aliphatic rings. The third kappa shape index (κ3) is 3.70. The molecule has 0 bridgehead atoms. The van der Waals surface area contributed by atoms with Crippen LogP contribution in [-0.4, -0.2) is 35.6 Å². The summed E-state index contributed by atoms with van der Waals surface area (Å²) in [6.45, 7) is 2.93. The molecule has 0 aliphatic carbocycles. The number of piperidine rings is 1. The highest BCUT2D eigenvalue weighted by atomic mass is 19.1. The second kappa shape index (κ2) is 6.70. The maximum Gasteiger partial charge on any atom is 0.260 e. The monoisotopic (exact) mass is 281 g/mol. The Morgan fingerprint density at radius 3 is 2.70 bits per heavy atom. The third-order valence-corrected chi connectivity index (χ3v) is 3.50. The van der Waals surface area contributed by atoms with Crippen LogP contribution < -0.4 is 4.74 Å². The molecule has 5 heteroatoms. The molecule has 1 aromatic carbocycles. The molecule has 1 N–H and O–H groups in total. The summed E-state index contributed by atoms with van der Waals surface area (Å²) < 4.78 is 19.0. The van der Waals surface area contributed by atoms with Crippen LogP contribution in [0.4, 0.5) is 4.39 Å². The van der Waals surface area contributed by atoms with E-state index in [2.05, 4.69) is 0 Å². The number of likely N-dealkylation sites (tertiary alicyclic amines) is 1. The number of halogens is 1. The summed E-state index contributed by atoms with van der Waals surface area (Å²) in [5.74, 6) is -0.627. The van der Waals surface area contributed by atoms with Crippen LogP contribution >= 0.6 is 0 Å². The molecule has 1 saturated heterocycles. The van der Waals surface area contributed by atoms with E-state index in [-0.39, 0.29) is 18.3 Å². The van der Waals surface area contributed by atoms with Crippen LogP contribution in [0.2, 0.25) is 0 Å². The fourth-order valence-electron chi connectivity index (χ4n) is 2.27. The van der Waals surface area contributed by atoms with Gasteiger partial charge in [-0.15, -0.1) is 0 Å². The van der Waals surface area contributed by atoms with Gasteiger partial charge in [0.2, 0.25) is 0 Å². The molecular weight excluding hydrogens is 261 g/mol. The smallest absolute Gasteiger partial charge is 0.260 e. The van der Waals surface area contributed by atoms with Crippen molar-refractivity contribution in [1.29, 1.82) is 0 Å². The molecule has 1 atom stereocenters. The molecule has 1 unspecified atom stereocenters. The van der Waals surface area contributed by atoms with Crippen LogP contribution in [0.15, 0.2) is 18.2 Å². The molecule has 1 heterocycles. The van der Waals surface area contributed by atoms with Crippen molar-refractivity contribution in [1.82, 2.24) is 4.90 Å². The Hall–Kier alpha value is -1.62. The Morgan fingerprint density at radius 2 is 2.10 bits per heavy atom. The predicted octanol–water partition coefficient (Wildman–Crippen LogP) is 2.27. The van der Waals surface area contributed by atoms with Crippen LogP contribution in [0.1, 0.15) is 37.9 Å². The normalized spacial score (nSPS) is 16.9. The van der Waals surface area contributed by atoms with Crippen molar-refractivity contribution >= 4 is 5.91 Å². The van der Waals surface area contributed by atoms with E-state index in [1.165, 1.54) is 12.1 Å². The van der Waals surface area contributed by atoms with Crippen LogP contribution in [-0.2, 0) is 4.79 Å². The fourth-order valence-corrected chi connectivity index (χ4v) is 2.27. The molecule has 1 amide bonds. The van der Waals surface area contributed by atoms with Gasteiger partial charge in [-0.2, -0.15) is 0 Å². The van der Waals surface area contributed by atoms with Crippen molar-refractivity contribution in [3.63, 3.8) is 0 Å². The first-order valence-electron chi connectivity index (χ1n) is 6.96. The number of carbonyl (C=O) groups excluding carboxylic acids is 1. The zero-order valence-corrected chi connectivity index (χ0v) is 11.6. The summed E-state index contributed by atoms with van der Waals surface area (Å²) >= 11 is 0. The molecule has 0 saturated carbocycles. The Balaban J connectivity index is 1.91. The molecule has 110 valence electrons. The van der Waals surface area contributed by atoms with Crippen molar-refractivity contribution in [2.45, 2.75) is 32.3 Å². The lowest BCUT2D eigenvalue weighted by Gasteiger charge is -2.26. The van der Waals surface area contributed by atoms with Crippen LogP contribution in [0.5, 0.6) is 5.75 Å². The second-order valence-electron chi connectivity index (χ2n) is 5.10. The Kier molecular flexibility index (Phi) is 4.95. The summed E-state index contributed by atoms with van der Waals surface area (Å²) in [5.41, 5.74) is 0.484. The molecular formula is C15H20FNO3. The van der Waals surface area contributed by atoms with Crippen molar-refractivity contribution in [2.24, 2.45) is 0 Å². The van der Waals surface area contributed by atoms with Gasteiger partial charge in [0.05, 0.1) is 6.10 Å². The van der Waals surface area contributed by atoms with Crippen molar-refractivity contribution in [3.8, 4) is 5.75 Å². The van der Waals surface area contributed by atoms with E-state index in [4.69, 9.17) is 4.74 Å². The number of nitrogens with zero attached hydrogens (tertiary/aromatic N) is 1. The molecule has 1 aliphatic heterocycles. The van der Waals surface area contributed by atoms with E-state index in [1.54, 1.807) is 17.9 Å². The average molecular weight is 281 g/mol. The number of benzene rings is 1. The molecule has 2 rings (SSSR count). The molecule has 0 aromatic heterocycles. The van der Waals surface area contributed by atoms with E-state index in [0.29, 0.717) is 5.56 Å². The maximum atomic E-state index is 13.7. The highest BCUT2D eigenvalue weighted by Gasteiger charge is 2.17. The lowest BCUT2D eigenvalue weighted by atomic mass is 10.1. The van der Waals surface area contributed by atoms with Gasteiger partial charge < -0.3 is 14.7 Å². The molecule has 4 nitrogen and oxygen atoms in total. The number of carbonyl (C=O) groups is 1. The number of amides is 1. The zero-order valence-electron chi connectivity index (χ0n) is 11.6. The van der Waals surface area contributed by atoms with Gasteiger partial charge in [0, 0.05) is 13.1 Å². The van der Waals surface area contributed by atoms with Crippen molar-refractivity contribution < 1.29 is 19.0 Å². The number of hydrogen-bond acceptors (Lipinski definition) is 3. The van der Waals surface area contributed by atoms with E-state index < -0.39 is 11.9 Å². The van der Waals surface area contributed by atoms with E-state index in [1.807, 2.05) is 0 Å². The minimum Gasteiger partial charge on any atom is -0.481 e. The van der Waals surface area contributed by atoms with Crippen LogP contribution in [0, 0.1) is 5.82 Å². The summed E-state index contributed by atoms with van der Waals surface area (Å²) in [7, 11) is 0. The van der Waals surface area contributed by atoms with Gasteiger partial charge in [-0.05, 0) is 43.9 Å². The Morgan fingerprint density at radius 1 is 1.40 bits per heavy atom. The van der Waals surface area contributed by atoms with Gasteiger partial charge in [-0.25, -0.2) is 4.39 Å². The molecule has 1 fully saturated rings. The fraction of sp³-hybridized carbons (Fsp3) is 0.533. The summed E-state index contributed by atoms with van der Waals surface area (Å²) in [5, 5.41) is 9.36. The number of rotatable bonds is 4. The zero-order chi connectivity index (χ0) is 14.5. The summed E-state index contributed by atoms with van der Waals surface area (Å²) in [4.78, 5) is 13.7. The van der Waals surface area contributed by atoms with E-state index >= 15 is 0 Å². The van der Waals surface area contributed by atoms with Gasteiger partial charge in [0.15, 0.2) is 18.2 Å². The topological polar surface area (TPSA) is 49.8 Å². The van der Waals surface area contributed by atoms with Gasteiger partial charge in [-0.3, -0.25) is 4.79 Å². The number of aliphatic hydroxyl groups is 1. The standard InChI is InChI=1S/C15H20FNO3/c1-11(18)12-5-6-14(13(16)9-12)20-10-15(19)17-7-3-2-4-8-17/h5-6,9,11,18H,2-4,7-8,10H2,1H3. The van der Waals surface area contributed by atoms with Crippen molar-refractivity contribution in [3.05, 3.63) is 29.6 Å². The maximum absolute atomic E-state index is 13.7. The predicted molar refractivity (Wildman–Crippen MR) is 73.0 cm³/mol. The SMILES string of the molecule is CC(O)c1ccc(OCC(=O)N2CCCCC2)c(F)c1. The first-order valence-corrected chi connectivity index (χ1v) is 6.96. The first kappa shape index (κ1) is 14.8. The first-order chi connectivity index (χ1) is 9.58. The minimum atomic E-state index is -0.728. The van der Waals surface area contributed by atoms with E-state index in [0.717, 1.165) is 32.4 Å². The lowest BCUT2D eigenvalue weighted by molar-refractivity contribution is -0.134. The highest BCUT2D eigenvalue weighted by Crippen LogP contribution is 2.22. The Labute approximate surface area is 118 Å². The number of ether oxygens (including phenoxy) is 1. The molecule has 0 radical (unpaired) electrons. The van der Waals surface area contributed by atoms with Gasteiger partial charge >= 0.3 is 0 Å². The molecule has 1 aromatic rings. The van der Waals surface area contributed by atoms with Gasteiger partial charge in [0.1, 0.15) is 0 Å². The van der Waals surface area contributed by atoms with Gasteiger partial charge in [-0.1, -0.05) is 6.07 Å². The van der Waals surface area contributed by atoms with Crippen LogP contribution in [0.3, 0.4) is 0 Å². The lowest BCUT2D eigenvalue weighted by Crippen LogP contribution is -2.38. The second-order valence-corrected chi connectivity index (χ2v) is 5.10. The third-order valence-electron chi connectivity index (χ3n) is 3.50. The van der Waals surface area contributed by atoms with E-state index in [9.17, 15) is 14.3 Å². The number of aliphatic hydroxyl groups excluding tert-OH is 1. The minimum absolute atomic E-state index is 0.0414. The number of hydrogen-bond donors (Lipinski definition) is 1. The highest BCUT2D eigenvalue weighted by molar-refractivity contribution is 5.77. The van der Waals surface area contributed by atoms with Crippen molar-refractivity contribution in [2.75, 3.05) is 19.7 Å². The Bertz CT molecular complexity index is 470. The summed E-state index contributed by atoms with van der Waals surface area (Å²) in [6, 6.07) is 4.26. The molecule has 20 heavy (non-hydrogen) atoms. The van der Waals surface area contributed by atoms with Gasteiger partial charge in [0.25, 0.3) is 5.91 Å². The molecule has 0 spiro atoms. The quantitative estimate of drug-likeness (QED) is 0.921. The average Bonchev–Trinajstić information content (AvgIpc) is 2.46.